The fourth-order valence-electron chi connectivity index (χ4n) is 2.85. The SMILES string of the molecule is Cc1ccc(N(CC(=O)NCCSc2ccc(Cl)cc2)S(=O)(=O)c2ccccc2)cc1Cl. The summed E-state index contributed by atoms with van der Waals surface area (Å²) in [7, 11) is -3.96. The van der Waals surface area contributed by atoms with Crippen LogP contribution in [0.4, 0.5) is 5.69 Å². The van der Waals surface area contributed by atoms with Crippen molar-refractivity contribution in [2.24, 2.45) is 0 Å². The van der Waals surface area contributed by atoms with Gasteiger partial charge in [0.2, 0.25) is 5.91 Å². The third-order valence-electron chi connectivity index (χ3n) is 4.57. The molecule has 32 heavy (non-hydrogen) atoms. The van der Waals surface area contributed by atoms with Crippen molar-refractivity contribution in [3.63, 3.8) is 0 Å². The summed E-state index contributed by atoms with van der Waals surface area (Å²) in [4.78, 5) is 13.8. The molecule has 3 aromatic rings. The molecule has 168 valence electrons. The van der Waals surface area contributed by atoms with Crippen molar-refractivity contribution in [2.45, 2.75) is 16.7 Å². The molecule has 0 aromatic heterocycles. The van der Waals surface area contributed by atoms with E-state index in [2.05, 4.69) is 5.32 Å². The molecule has 0 atom stereocenters. The highest BCUT2D eigenvalue weighted by atomic mass is 35.5. The number of aryl methyl sites for hydroxylation is 1. The van der Waals surface area contributed by atoms with E-state index < -0.39 is 15.9 Å². The molecule has 0 aliphatic heterocycles. The van der Waals surface area contributed by atoms with Crippen LogP contribution in [0, 0.1) is 6.92 Å². The third kappa shape index (κ3) is 6.42. The maximum Gasteiger partial charge on any atom is 0.264 e. The van der Waals surface area contributed by atoms with Gasteiger partial charge in [-0.2, -0.15) is 0 Å². The lowest BCUT2D eigenvalue weighted by Gasteiger charge is -2.24. The Hall–Kier alpha value is -2.19. The molecule has 0 spiro atoms. The molecule has 3 rings (SSSR count). The second-order valence-electron chi connectivity index (χ2n) is 6.91. The smallest absolute Gasteiger partial charge is 0.264 e. The first-order chi connectivity index (χ1) is 15.3. The molecule has 0 aliphatic rings. The predicted octanol–water partition coefficient (Wildman–Crippen LogP) is 5.41. The summed E-state index contributed by atoms with van der Waals surface area (Å²) in [5, 5.41) is 3.88. The molecular weight excluding hydrogens is 487 g/mol. The minimum absolute atomic E-state index is 0.0998. The van der Waals surface area contributed by atoms with Crippen molar-refractivity contribution < 1.29 is 13.2 Å². The third-order valence-corrected chi connectivity index (χ3v) is 8.03. The largest absolute Gasteiger partial charge is 0.354 e. The van der Waals surface area contributed by atoms with Crippen LogP contribution in [0.1, 0.15) is 5.56 Å². The monoisotopic (exact) mass is 508 g/mol. The standard InChI is InChI=1S/C23H22Cl2N2O3S2/c1-17-7-10-19(15-22(17)25)27(32(29,30)21-5-3-2-4-6-21)16-23(28)26-13-14-31-20-11-8-18(24)9-12-20/h2-12,15H,13-14,16H2,1H3,(H,26,28). The summed E-state index contributed by atoms with van der Waals surface area (Å²) >= 11 is 13.7. The summed E-state index contributed by atoms with van der Waals surface area (Å²) in [6.07, 6.45) is 0. The molecule has 0 saturated heterocycles. The predicted molar refractivity (Wildman–Crippen MR) is 132 cm³/mol. The summed E-state index contributed by atoms with van der Waals surface area (Å²) in [5.41, 5.74) is 1.14. The number of halogens is 2. The lowest BCUT2D eigenvalue weighted by Crippen LogP contribution is -2.41. The van der Waals surface area contributed by atoms with Crippen molar-refractivity contribution in [2.75, 3.05) is 23.1 Å². The zero-order valence-electron chi connectivity index (χ0n) is 17.3. The Morgan fingerprint density at radius 2 is 1.69 bits per heavy atom. The Morgan fingerprint density at radius 3 is 2.34 bits per heavy atom. The van der Waals surface area contributed by atoms with Gasteiger partial charge in [0.15, 0.2) is 0 Å². The molecule has 0 bridgehead atoms. The van der Waals surface area contributed by atoms with Crippen molar-refractivity contribution in [3.8, 4) is 0 Å². The zero-order valence-corrected chi connectivity index (χ0v) is 20.4. The second kappa shape index (κ2) is 11.1. The molecule has 3 aromatic carbocycles. The topological polar surface area (TPSA) is 66.5 Å². The molecule has 0 unspecified atom stereocenters. The van der Waals surface area contributed by atoms with Crippen LogP contribution in [0.3, 0.4) is 0 Å². The van der Waals surface area contributed by atoms with Gasteiger partial charge in [-0.05, 0) is 61.0 Å². The Kier molecular flexibility index (Phi) is 8.48. The number of nitrogens with one attached hydrogen (secondary N) is 1. The number of hydrogen-bond donors (Lipinski definition) is 1. The van der Waals surface area contributed by atoms with Gasteiger partial charge in [0.25, 0.3) is 10.0 Å². The van der Waals surface area contributed by atoms with E-state index in [1.807, 2.05) is 31.2 Å². The van der Waals surface area contributed by atoms with Crippen LogP contribution in [-0.2, 0) is 14.8 Å². The van der Waals surface area contributed by atoms with E-state index in [0.29, 0.717) is 28.0 Å². The minimum atomic E-state index is -3.96. The number of nitrogens with zero attached hydrogens (tertiary/aromatic N) is 1. The lowest BCUT2D eigenvalue weighted by molar-refractivity contribution is -0.119. The molecule has 1 amide bonds. The maximum absolute atomic E-state index is 13.3. The molecule has 5 nitrogen and oxygen atoms in total. The molecule has 0 saturated carbocycles. The number of rotatable bonds is 9. The lowest BCUT2D eigenvalue weighted by atomic mass is 10.2. The van der Waals surface area contributed by atoms with Gasteiger partial charge >= 0.3 is 0 Å². The van der Waals surface area contributed by atoms with Crippen LogP contribution < -0.4 is 9.62 Å². The number of sulfonamides is 1. The van der Waals surface area contributed by atoms with E-state index in [4.69, 9.17) is 23.2 Å². The fourth-order valence-corrected chi connectivity index (χ4v) is 5.35. The van der Waals surface area contributed by atoms with Crippen LogP contribution in [0.2, 0.25) is 10.0 Å². The molecular formula is C23H22Cl2N2O3S2. The summed E-state index contributed by atoms with van der Waals surface area (Å²) in [6.45, 7) is 1.86. The van der Waals surface area contributed by atoms with Gasteiger partial charge in [0.1, 0.15) is 6.54 Å². The number of carbonyl (C=O) groups is 1. The van der Waals surface area contributed by atoms with Crippen LogP contribution in [-0.4, -0.2) is 33.2 Å². The Balaban J connectivity index is 1.71. The molecule has 0 radical (unpaired) electrons. The van der Waals surface area contributed by atoms with Gasteiger partial charge in [-0.25, -0.2) is 8.42 Å². The quantitative estimate of drug-likeness (QED) is 0.310. The van der Waals surface area contributed by atoms with E-state index >= 15 is 0 Å². The van der Waals surface area contributed by atoms with Gasteiger partial charge in [-0.1, -0.05) is 47.5 Å². The van der Waals surface area contributed by atoms with Crippen LogP contribution in [0.5, 0.6) is 0 Å². The molecule has 0 aliphatic carbocycles. The van der Waals surface area contributed by atoms with E-state index in [0.717, 1.165) is 14.8 Å². The number of anilines is 1. The van der Waals surface area contributed by atoms with Crippen LogP contribution >= 0.6 is 35.0 Å². The van der Waals surface area contributed by atoms with E-state index in [1.54, 1.807) is 48.2 Å². The Bertz CT molecular complexity index is 1170. The van der Waals surface area contributed by atoms with E-state index in [-0.39, 0.29) is 11.4 Å². The second-order valence-corrected chi connectivity index (χ2v) is 10.8. The number of hydrogen-bond acceptors (Lipinski definition) is 4. The van der Waals surface area contributed by atoms with Gasteiger partial charge in [-0.15, -0.1) is 11.8 Å². The highest BCUT2D eigenvalue weighted by molar-refractivity contribution is 7.99. The first-order valence-corrected chi connectivity index (χ1v) is 12.9. The normalized spacial score (nSPS) is 11.2. The molecule has 1 N–H and O–H groups in total. The average Bonchev–Trinajstić information content (AvgIpc) is 2.79. The van der Waals surface area contributed by atoms with Crippen molar-refractivity contribution in [3.05, 3.63) is 88.4 Å². The Morgan fingerprint density at radius 1 is 1.00 bits per heavy atom. The first-order valence-electron chi connectivity index (χ1n) is 9.76. The van der Waals surface area contributed by atoms with Crippen molar-refractivity contribution >= 4 is 56.6 Å². The molecule has 9 heteroatoms. The molecule has 0 heterocycles. The average molecular weight is 509 g/mol. The van der Waals surface area contributed by atoms with Crippen molar-refractivity contribution in [1.82, 2.24) is 5.32 Å². The minimum Gasteiger partial charge on any atom is -0.354 e. The number of benzene rings is 3. The van der Waals surface area contributed by atoms with E-state index in [9.17, 15) is 13.2 Å². The highest BCUT2D eigenvalue weighted by Crippen LogP contribution is 2.28. The summed E-state index contributed by atoms with van der Waals surface area (Å²) < 4.78 is 27.7. The zero-order chi connectivity index (χ0) is 23.1. The van der Waals surface area contributed by atoms with Crippen LogP contribution in [0.25, 0.3) is 0 Å². The maximum atomic E-state index is 13.3. The van der Waals surface area contributed by atoms with E-state index in [1.165, 1.54) is 12.1 Å². The van der Waals surface area contributed by atoms with Gasteiger partial charge in [0.05, 0.1) is 10.6 Å². The first kappa shape index (κ1) is 24.5. The van der Waals surface area contributed by atoms with Gasteiger partial charge in [0, 0.05) is 27.2 Å². The molecule has 0 fully saturated rings. The van der Waals surface area contributed by atoms with Crippen molar-refractivity contribution in [1.29, 1.82) is 0 Å². The number of carbonyl (C=O) groups excluding carboxylic acids is 1. The summed E-state index contributed by atoms with van der Waals surface area (Å²) in [6, 6.07) is 20.4. The van der Waals surface area contributed by atoms with Gasteiger partial charge < -0.3 is 5.32 Å². The number of amides is 1. The fraction of sp³-hybridized carbons (Fsp3) is 0.174. The van der Waals surface area contributed by atoms with Gasteiger partial charge in [-0.3, -0.25) is 9.10 Å². The van der Waals surface area contributed by atoms with Crippen LogP contribution in [0.15, 0.2) is 82.6 Å². The highest BCUT2D eigenvalue weighted by Gasteiger charge is 2.27. The summed E-state index contributed by atoms with van der Waals surface area (Å²) in [5.74, 6) is 0.229. The Labute approximate surface area is 202 Å². The number of thioether (sulfide) groups is 1.